The van der Waals surface area contributed by atoms with Crippen LogP contribution in [0.15, 0.2) is 30.3 Å². The molecule has 0 atom stereocenters. The van der Waals surface area contributed by atoms with Crippen molar-refractivity contribution in [1.29, 1.82) is 0 Å². The molecule has 0 spiro atoms. The number of hydrogen-bond acceptors (Lipinski definition) is 2. The van der Waals surface area contributed by atoms with Gasteiger partial charge in [-0.3, -0.25) is 4.79 Å². The maximum absolute atomic E-state index is 12.4. The van der Waals surface area contributed by atoms with Crippen molar-refractivity contribution in [3.05, 3.63) is 52.8 Å². The standard InChI is InChI=1S/C18H23NOS/c1-5-10-21-12-18(20)17-11-14(3)19(15(17)4)16-8-6-13(2)7-9-16/h6-9,11H,5,10,12H2,1-4H3. The van der Waals surface area contributed by atoms with Crippen molar-refractivity contribution in [3.63, 3.8) is 0 Å². The van der Waals surface area contributed by atoms with E-state index < -0.39 is 0 Å². The highest BCUT2D eigenvalue weighted by molar-refractivity contribution is 7.99. The van der Waals surface area contributed by atoms with E-state index in [0.29, 0.717) is 5.75 Å². The predicted octanol–water partition coefficient (Wildman–Crippen LogP) is 4.73. The Bertz CT molecular complexity index is 625. The van der Waals surface area contributed by atoms with Crippen LogP contribution in [0.5, 0.6) is 0 Å². The van der Waals surface area contributed by atoms with Gasteiger partial charge in [0.1, 0.15) is 0 Å². The van der Waals surface area contributed by atoms with Gasteiger partial charge in [0.15, 0.2) is 5.78 Å². The summed E-state index contributed by atoms with van der Waals surface area (Å²) >= 11 is 1.72. The zero-order valence-electron chi connectivity index (χ0n) is 13.3. The number of rotatable bonds is 6. The Labute approximate surface area is 131 Å². The lowest BCUT2D eigenvalue weighted by Gasteiger charge is -2.10. The number of carbonyl (C=O) groups excluding carboxylic acids is 1. The topological polar surface area (TPSA) is 22.0 Å². The molecule has 2 rings (SSSR count). The fraction of sp³-hybridized carbons (Fsp3) is 0.389. The zero-order chi connectivity index (χ0) is 15.4. The van der Waals surface area contributed by atoms with E-state index in [1.54, 1.807) is 11.8 Å². The second-order valence-corrected chi connectivity index (χ2v) is 6.54. The quantitative estimate of drug-likeness (QED) is 0.568. The number of benzene rings is 1. The maximum atomic E-state index is 12.4. The maximum Gasteiger partial charge on any atom is 0.174 e. The van der Waals surface area contributed by atoms with Gasteiger partial charge in [-0.15, -0.1) is 0 Å². The van der Waals surface area contributed by atoms with E-state index in [0.717, 1.165) is 34.8 Å². The number of nitrogens with zero attached hydrogens (tertiary/aromatic N) is 1. The molecule has 21 heavy (non-hydrogen) atoms. The fourth-order valence-corrected chi connectivity index (χ4v) is 3.30. The Morgan fingerprint density at radius 2 is 1.81 bits per heavy atom. The molecule has 0 radical (unpaired) electrons. The van der Waals surface area contributed by atoms with Gasteiger partial charge in [-0.25, -0.2) is 0 Å². The van der Waals surface area contributed by atoms with Gasteiger partial charge in [0.25, 0.3) is 0 Å². The first-order chi connectivity index (χ1) is 10.0. The Balaban J connectivity index is 2.29. The van der Waals surface area contributed by atoms with Crippen LogP contribution in [0.3, 0.4) is 0 Å². The summed E-state index contributed by atoms with van der Waals surface area (Å²) in [5.41, 5.74) is 5.37. The minimum absolute atomic E-state index is 0.236. The van der Waals surface area contributed by atoms with Crippen LogP contribution in [0.4, 0.5) is 0 Å². The lowest BCUT2D eigenvalue weighted by molar-refractivity contribution is 0.102. The van der Waals surface area contributed by atoms with Crippen molar-refractivity contribution < 1.29 is 4.79 Å². The molecule has 0 saturated carbocycles. The molecule has 0 saturated heterocycles. The van der Waals surface area contributed by atoms with Gasteiger partial charge < -0.3 is 4.57 Å². The molecule has 0 unspecified atom stereocenters. The molecule has 3 heteroatoms. The summed E-state index contributed by atoms with van der Waals surface area (Å²) in [4.78, 5) is 12.4. The first-order valence-corrected chi connectivity index (χ1v) is 8.57. The first-order valence-electron chi connectivity index (χ1n) is 7.41. The molecule has 0 aliphatic heterocycles. The second-order valence-electron chi connectivity index (χ2n) is 5.43. The Kier molecular flexibility index (Phi) is 5.29. The number of ketones is 1. The lowest BCUT2D eigenvalue weighted by atomic mass is 10.2. The van der Waals surface area contributed by atoms with Gasteiger partial charge in [-0.2, -0.15) is 11.8 Å². The smallest absolute Gasteiger partial charge is 0.174 e. The van der Waals surface area contributed by atoms with Crippen LogP contribution in [0.25, 0.3) is 5.69 Å². The van der Waals surface area contributed by atoms with Crippen LogP contribution in [0.1, 0.15) is 40.7 Å². The third-order valence-corrected chi connectivity index (χ3v) is 4.77. The van der Waals surface area contributed by atoms with E-state index in [9.17, 15) is 4.79 Å². The average Bonchev–Trinajstić information content (AvgIpc) is 2.76. The molecule has 2 nitrogen and oxygen atoms in total. The molecule has 0 aliphatic carbocycles. The summed E-state index contributed by atoms with van der Waals surface area (Å²) in [6.45, 7) is 8.31. The number of hydrogen-bond donors (Lipinski definition) is 0. The number of aromatic nitrogens is 1. The molecule has 0 fully saturated rings. The highest BCUT2D eigenvalue weighted by Crippen LogP contribution is 2.22. The molecular formula is C18H23NOS. The SMILES string of the molecule is CCCSCC(=O)c1cc(C)n(-c2ccc(C)cc2)c1C. The van der Waals surface area contributed by atoms with Crippen molar-refractivity contribution in [2.24, 2.45) is 0 Å². The third kappa shape index (κ3) is 3.59. The summed E-state index contributed by atoms with van der Waals surface area (Å²) in [6, 6.07) is 10.4. The number of aryl methyl sites for hydroxylation is 2. The Morgan fingerprint density at radius 3 is 2.43 bits per heavy atom. The van der Waals surface area contributed by atoms with E-state index in [2.05, 4.69) is 49.6 Å². The van der Waals surface area contributed by atoms with E-state index >= 15 is 0 Å². The predicted molar refractivity (Wildman–Crippen MR) is 91.9 cm³/mol. The van der Waals surface area contributed by atoms with Crippen molar-refractivity contribution >= 4 is 17.5 Å². The summed E-state index contributed by atoms with van der Waals surface area (Å²) in [5.74, 6) is 1.86. The van der Waals surface area contributed by atoms with Crippen LogP contribution in [0, 0.1) is 20.8 Å². The molecule has 1 heterocycles. The molecular weight excluding hydrogens is 278 g/mol. The van der Waals surface area contributed by atoms with E-state index in [1.807, 2.05) is 13.0 Å². The molecule has 0 N–H and O–H groups in total. The molecule has 0 amide bonds. The largest absolute Gasteiger partial charge is 0.318 e. The average molecular weight is 301 g/mol. The summed E-state index contributed by atoms with van der Waals surface area (Å²) in [6.07, 6.45) is 1.11. The van der Waals surface area contributed by atoms with Crippen molar-refractivity contribution in [2.45, 2.75) is 34.1 Å². The van der Waals surface area contributed by atoms with E-state index in [1.165, 1.54) is 5.56 Å². The van der Waals surface area contributed by atoms with Crippen LogP contribution >= 0.6 is 11.8 Å². The molecule has 2 aromatic rings. The normalized spacial score (nSPS) is 10.9. The van der Waals surface area contributed by atoms with E-state index in [4.69, 9.17) is 0 Å². The van der Waals surface area contributed by atoms with E-state index in [-0.39, 0.29) is 5.78 Å². The van der Waals surface area contributed by atoms with Gasteiger partial charge in [0.05, 0.1) is 5.75 Å². The molecule has 112 valence electrons. The third-order valence-electron chi connectivity index (χ3n) is 3.61. The number of thioether (sulfide) groups is 1. The first kappa shape index (κ1) is 15.9. The van der Waals surface area contributed by atoms with Crippen LogP contribution in [0.2, 0.25) is 0 Å². The van der Waals surface area contributed by atoms with Gasteiger partial charge >= 0.3 is 0 Å². The van der Waals surface area contributed by atoms with Gasteiger partial charge in [0.2, 0.25) is 0 Å². The Morgan fingerprint density at radius 1 is 1.14 bits per heavy atom. The van der Waals surface area contributed by atoms with Crippen LogP contribution in [-0.2, 0) is 0 Å². The molecule has 0 aliphatic rings. The summed E-state index contributed by atoms with van der Waals surface area (Å²) in [5, 5.41) is 0. The zero-order valence-corrected chi connectivity index (χ0v) is 14.1. The molecule has 1 aromatic heterocycles. The fourth-order valence-electron chi connectivity index (χ4n) is 2.52. The van der Waals surface area contributed by atoms with Crippen LogP contribution in [-0.4, -0.2) is 21.9 Å². The summed E-state index contributed by atoms with van der Waals surface area (Å²) in [7, 11) is 0. The summed E-state index contributed by atoms with van der Waals surface area (Å²) < 4.78 is 2.16. The van der Waals surface area contributed by atoms with Gasteiger partial charge in [-0.1, -0.05) is 24.6 Å². The lowest BCUT2D eigenvalue weighted by Crippen LogP contribution is -2.06. The van der Waals surface area contributed by atoms with Gasteiger partial charge in [0, 0.05) is 22.6 Å². The van der Waals surface area contributed by atoms with Gasteiger partial charge in [-0.05, 0) is 51.1 Å². The number of carbonyl (C=O) groups is 1. The molecule has 1 aromatic carbocycles. The van der Waals surface area contributed by atoms with Crippen molar-refractivity contribution in [1.82, 2.24) is 4.57 Å². The van der Waals surface area contributed by atoms with Crippen LogP contribution < -0.4 is 0 Å². The van der Waals surface area contributed by atoms with Crippen molar-refractivity contribution in [2.75, 3.05) is 11.5 Å². The monoisotopic (exact) mass is 301 g/mol. The highest BCUT2D eigenvalue weighted by Gasteiger charge is 2.16. The second kappa shape index (κ2) is 6.99. The molecule has 0 bridgehead atoms. The highest BCUT2D eigenvalue weighted by atomic mass is 32.2. The number of Topliss-reactive ketones (excluding diaryl/α,β-unsaturated/α-hetero) is 1. The Hall–Kier alpha value is -1.48. The van der Waals surface area contributed by atoms with Crippen molar-refractivity contribution in [3.8, 4) is 5.69 Å². The minimum atomic E-state index is 0.236. The minimum Gasteiger partial charge on any atom is -0.318 e.